The summed E-state index contributed by atoms with van der Waals surface area (Å²) in [6.07, 6.45) is 7.39. The van der Waals surface area contributed by atoms with Crippen molar-refractivity contribution in [1.82, 2.24) is 0 Å². The minimum atomic E-state index is -0.826. The summed E-state index contributed by atoms with van der Waals surface area (Å²) >= 11 is 2.55. The Hall–Kier alpha value is 0.490. The van der Waals surface area contributed by atoms with E-state index in [0.29, 0.717) is 5.92 Å². The number of hydrogen-bond acceptors (Lipinski definition) is 1. The Balaban J connectivity index is 0.000000441. The summed E-state index contributed by atoms with van der Waals surface area (Å²) in [6.45, 7) is 9.87. The van der Waals surface area contributed by atoms with Gasteiger partial charge in [0.25, 0.3) is 0 Å². The summed E-state index contributed by atoms with van der Waals surface area (Å²) in [5.41, 5.74) is 10.4. The van der Waals surface area contributed by atoms with E-state index >= 15 is 0 Å². The van der Waals surface area contributed by atoms with Crippen LogP contribution in [0.3, 0.4) is 0 Å². The van der Waals surface area contributed by atoms with Crippen molar-refractivity contribution in [3.63, 3.8) is 0 Å². The van der Waals surface area contributed by atoms with E-state index in [-0.39, 0.29) is 5.54 Å². The average molecular weight is 538 g/mol. The second-order valence-corrected chi connectivity index (χ2v) is 11.8. The van der Waals surface area contributed by atoms with Gasteiger partial charge in [-0.2, -0.15) is 0 Å². The van der Waals surface area contributed by atoms with Crippen LogP contribution < -0.4 is 0 Å². The third kappa shape index (κ3) is 11.7. The first-order valence-corrected chi connectivity index (χ1v) is 16.7. The van der Waals surface area contributed by atoms with Crippen LogP contribution in [0, 0.1) is 6.08 Å². The zero-order valence-corrected chi connectivity index (χ0v) is 21.7. The van der Waals surface area contributed by atoms with Gasteiger partial charge in [0.05, 0.1) is 4.61 Å². The Morgan fingerprint density at radius 3 is 2.24 bits per heavy atom. The summed E-state index contributed by atoms with van der Waals surface area (Å²) in [5.74, 6) is 0.312. The molecule has 1 aliphatic heterocycles. The van der Waals surface area contributed by atoms with Crippen LogP contribution in [0.2, 0.25) is 13.1 Å². The van der Waals surface area contributed by atoms with Gasteiger partial charge in [-0.05, 0) is 21.8 Å². The first-order chi connectivity index (χ1) is 11.7. The van der Waals surface area contributed by atoms with E-state index in [2.05, 4.69) is 58.3 Å². The summed E-state index contributed by atoms with van der Waals surface area (Å²) < 4.78 is 0.879. The zero-order valence-electron chi connectivity index (χ0n) is 15.1. The Kier molecular flexibility index (Phi) is 13.9. The van der Waals surface area contributed by atoms with Crippen molar-refractivity contribution in [2.45, 2.75) is 45.3 Å². The Labute approximate surface area is 182 Å². The van der Waals surface area contributed by atoms with Crippen molar-refractivity contribution in [2.75, 3.05) is 0 Å². The normalized spacial score (nSPS) is 16.1. The monoisotopic (exact) mass is 534 g/mol. The van der Waals surface area contributed by atoms with Crippen LogP contribution in [0.4, 0.5) is 0 Å². The Morgan fingerprint density at radius 2 is 1.72 bits per heavy atom. The number of rotatable bonds is 0. The van der Waals surface area contributed by atoms with Gasteiger partial charge in [-0.25, -0.2) is 0 Å². The topological polar surface area (TPSA) is 36.2 Å². The molecule has 0 fully saturated rings. The molecule has 134 valence electrons. The Morgan fingerprint density at radius 1 is 1.24 bits per heavy atom. The molecule has 2 nitrogen and oxygen atoms in total. The van der Waals surface area contributed by atoms with E-state index < -0.39 is 20.8 Å². The van der Waals surface area contributed by atoms with E-state index in [4.69, 9.17) is 22.8 Å². The standard InChI is InChI=1S/C12H7BrN.C4H10N.C2H6Si.2ClH.Zr/c13-12-6-9-5-8-3-1-2-4-10(8)11(9)7-14-12;1-4(2,3)5;1-3-2;;;/h1-4,6-7,11H;5H,1-3H3;1-2H3;2*1H;/q2*-1;;;;+4/p-2. The third-order valence-corrected chi connectivity index (χ3v) is 2.97. The molecule has 1 unspecified atom stereocenters. The van der Waals surface area contributed by atoms with Crippen LogP contribution in [0.1, 0.15) is 37.8 Å². The van der Waals surface area contributed by atoms with Crippen LogP contribution in [-0.4, -0.2) is 21.3 Å². The van der Waals surface area contributed by atoms with Crippen molar-refractivity contribution in [2.24, 2.45) is 4.99 Å². The first kappa shape index (κ1) is 25.5. The van der Waals surface area contributed by atoms with Crippen LogP contribution in [0.5, 0.6) is 0 Å². The number of fused-ring (bicyclic) bond motifs is 3. The van der Waals surface area contributed by atoms with E-state index in [1.165, 1.54) is 16.7 Å². The van der Waals surface area contributed by atoms with Crippen LogP contribution >= 0.6 is 33.0 Å². The number of halogens is 3. The summed E-state index contributed by atoms with van der Waals surface area (Å²) in [4.78, 5) is 4.26. The van der Waals surface area contributed by atoms with Crippen LogP contribution in [0.15, 0.2) is 45.5 Å². The molecule has 0 bridgehead atoms. The molecule has 0 spiro atoms. The maximum absolute atomic E-state index is 6.94. The molecule has 25 heavy (non-hydrogen) atoms. The quantitative estimate of drug-likeness (QED) is 0.191. The van der Waals surface area contributed by atoms with E-state index in [0.717, 1.165) is 14.1 Å². The van der Waals surface area contributed by atoms with Gasteiger partial charge in [-0.1, -0.05) is 46.0 Å². The number of hydrogen-bond donors (Lipinski definition) is 0. The van der Waals surface area contributed by atoms with Gasteiger partial charge in [0.15, 0.2) is 0 Å². The molecule has 0 amide bonds. The van der Waals surface area contributed by atoms with Gasteiger partial charge in [0, 0.05) is 15.7 Å². The molecule has 0 aromatic heterocycles. The molecular weight excluding hydrogens is 514 g/mol. The SMILES string of the molecule is BrC1=CC2=[C-]c3ccccc3C2C=N1.CC(C)(C)[NH-].C[Si]C.[Cl][Zr+2][Cl]. The van der Waals surface area contributed by atoms with Crippen molar-refractivity contribution < 1.29 is 20.8 Å². The first-order valence-electron chi connectivity index (χ1n) is 7.61. The predicted molar refractivity (Wildman–Crippen MR) is 114 cm³/mol. The van der Waals surface area contributed by atoms with Gasteiger partial charge < -0.3 is 5.73 Å². The van der Waals surface area contributed by atoms with Gasteiger partial charge >= 0.3 is 37.9 Å². The van der Waals surface area contributed by atoms with Crippen molar-refractivity contribution in [1.29, 1.82) is 0 Å². The van der Waals surface area contributed by atoms with Crippen molar-refractivity contribution in [3.8, 4) is 0 Å². The Bertz CT molecular complexity index is 605. The average Bonchev–Trinajstić information content (AvgIpc) is 2.84. The second-order valence-electron chi connectivity index (χ2n) is 6.21. The molecule has 7 heteroatoms. The molecular formula is C18H23BrCl2N2SiZr. The van der Waals surface area contributed by atoms with Crippen molar-refractivity contribution >= 4 is 48.7 Å². The molecule has 0 saturated carbocycles. The number of nitrogens with zero attached hydrogens (tertiary/aromatic N) is 1. The summed E-state index contributed by atoms with van der Waals surface area (Å²) in [7, 11) is 11.0. The van der Waals surface area contributed by atoms with Gasteiger partial charge in [-0.15, -0.1) is 46.5 Å². The molecule has 2 radical (unpaired) electrons. The molecule has 1 aromatic carbocycles. The van der Waals surface area contributed by atoms with Gasteiger partial charge in [0.2, 0.25) is 0 Å². The molecule has 1 heterocycles. The number of nitrogens with one attached hydrogen (secondary N) is 1. The molecule has 1 N–H and O–H groups in total. The molecule has 1 aliphatic carbocycles. The summed E-state index contributed by atoms with van der Waals surface area (Å²) in [6, 6.07) is 8.33. The second kappa shape index (κ2) is 13.6. The fraction of sp³-hybridized carbons (Fsp3) is 0.389. The van der Waals surface area contributed by atoms with Gasteiger partial charge in [0.1, 0.15) is 0 Å². The van der Waals surface area contributed by atoms with Gasteiger partial charge in [-0.3, -0.25) is 4.99 Å². The molecule has 1 aromatic rings. The minimum absolute atomic E-state index is 0.250. The number of allylic oxidation sites excluding steroid dienone is 2. The maximum atomic E-state index is 6.94. The van der Waals surface area contributed by atoms with E-state index in [1.54, 1.807) is 0 Å². The van der Waals surface area contributed by atoms with E-state index in [1.807, 2.05) is 39.1 Å². The number of benzene rings is 1. The fourth-order valence-corrected chi connectivity index (χ4v) is 2.25. The molecule has 1 atom stereocenters. The fourth-order valence-electron chi connectivity index (χ4n) is 1.88. The van der Waals surface area contributed by atoms with E-state index in [9.17, 15) is 0 Å². The predicted octanol–water partition coefficient (Wildman–Crippen LogP) is 7.18. The summed E-state index contributed by atoms with van der Waals surface area (Å²) in [5, 5.41) is 0. The molecule has 0 saturated heterocycles. The van der Waals surface area contributed by atoms with Crippen molar-refractivity contribution in [3.05, 3.63) is 63.5 Å². The molecule has 3 rings (SSSR count). The molecule has 2 aliphatic rings. The zero-order chi connectivity index (χ0) is 19.5. The number of aliphatic imine (C=N–C) groups is 1. The third-order valence-electron chi connectivity index (χ3n) is 2.53. The van der Waals surface area contributed by atoms with Crippen LogP contribution in [0.25, 0.3) is 5.73 Å². The van der Waals surface area contributed by atoms with Crippen LogP contribution in [-0.2, 0) is 20.8 Å².